The summed E-state index contributed by atoms with van der Waals surface area (Å²) in [6.45, 7) is 3.29. The second-order valence-electron chi connectivity index (χ2n) is 8.03. The molecular weight excluding hydrogens is 487 g/mol. The van der Waals surface area contributed by atoms with Crippen molar-refractivity contribution in [3.05, 3.63) is 85.0 Å². The molecule has 0 unspecified atom stereocenters. The number of anilines is 1. The van der Waals surface area contributed by atoms with Gasteiger partial charge in [-0.1, -0.05) is 40.9 Å². The van der Waals surface area contributed by atoms with Crippen LogP contribution in [0.1, 0.15) is 41.3 Å². The van der Waals surface area contributed by atoms with Crippen LogP contribution in [0.3, 0.4) is 0 Å². The Balaban J connectivity index is 1.57. The number of benzene rings is 2. The van der Waals surface area contributed by atoms with Gasteiger partial charge in [-0.15, -0.1) is 0 Å². The summed E-state index contributed by atoms with van der Waals surface area (Å²) >= 11 is 19.8. The summed E-state index contributed by atoms with van der Waals surface area (Å²) in [7, 11) is 0. The first-order valence-corrected chi connectivity index (χ1v) is 12.2. The van der Waals surface area contributed by atoms with Gasteiger partial charge < -0.3 is 5.32 Å². The van der Waals surface area contributed by atoms with Crippen molar-refractivity contribution in [3.8, 4) is 0 Å². The lowest BCUT2D eigenvalue weighted by atomic mass is 9.96. The highest BCUT2D eigenvalue weighted by Gasteiger charge is 2.43. The fraction of sp³-hybridized carbons (Fsp3) is 0.250. The Morgan fingerprint density at radius 1 is 1.09 bits per heavy atom. The number of halogens is 3. The van der Waals surface area contributed by atoms with Crippen LogP contribution in [0, 0.1) is 0 Å². The summed E-state index contributed by atoms with van der Waals surface area (Å²) in [5.41, 5.74) is 1.66. The van der Waals surface area contributed by atoms with Gasteiger partial charge in [0.05, 0.1) is 21.3 Å². The Labute approximate surface area is 206 Å². The highest BCUT2D eigenvalue weighted by molar-refractivity contribution is 7.08. The van der Waals surface area contributed by atoms with E-state index in [2.05, 4.69) is 10.2 Å². The molecule has 4 rings (SSSR count). The standard InChI is InChI=1S/C24H21Cl3N2O2S/c1-24(8-2-9-29(24)13-15-3-5-19(26)20(27)11-15)23(31)28-21-6-4-17(25)12-18(21)22(30)16-7-10-32-14-16/h3-7,10-12,14H,2,8-9,13H2,1H3,(H,28,31)/t24-/m1/s1. The molecule has 1 N–H and O–H groups in total. The minimum absolute atomic E-state index is 0.156. The van der Waals surface area contributed by atoms with Crippen molar-refractivity contribution in [3.63, 3.8) is 0 Å². The molecular formula is C24H21Cl3N2O2S. The van der Waals surface area contributed by atoms with Gasteiger partial charge in [-0.25, -0.2) is 0 Å². The number of nitrogens with zero attached hydrogens (tertiary/aromatic N) is 1. The fourth-order valence-electron chi connectivity index (χ4n) is 4.01. The fourth-order valence-corrected chi connectivity index (χ4v) is 5.14. The molecule has 4 nitrogen and oxygen atoms in total. The molecule has 1 aliphatic rings. The average Bonchev–Trinajstić information content (AvgIpc) is 3.43. The highest BCUT2D eigenvalue weighted by Crippen LogP contribution is 2.34. The number of carbonyl (C=O) groups is 2. The molecule has 1 fully saturated rings. The van der Waals surface area contributed by atoms with Crippen LogP contribution < -0.4 is 5.32 Å². The van der Waals surface area contributed by atoms with E-state index >= 15 is 0 Å². The van der Waals surface area contributed by atoms with Crippen molar-refractivity contribution in [2.24, 2.45) is 0 Å². The SMILES string of the molecule is C[C@]1(C(=O)Nc2ccc(Cl)cc2C(=O)c2ccsc2)CCCN1Cc1ccc(Cl)c(Cl)c1. The van der Waals surface area contributed by atoms with Gasteiger partial charge in [0.25, 0.3) is 0 Å². The van der Waals surface area contributed by atoms with Crippen molar-refractivity contribution >= 4 is 63.5 Å². The molecule has 8 heteroatoms. The average molecular weight is 508 g/mol. The van der Waals surface area contributed by atoms with Gasteiger partial charge in [0.2, 0.25) is 5.91 Å². The Hall–Kier alpha value is -1.89. The van der Waals surface area contributed by atoms with Gasteiger partial charge >= 0.3 is 0 Å². The lowest BCUT2D eigenvalue weighted by Gasteiger charge is -2.34. The van der Waals surface area contributed by atoms with E-state index in [4.69, 9.17) is 34.8 Å². The van der Waals surface area contributed by atoms with Crippen LogP contribution in [0.25, 0.3) is 0 Å². The molecule has 0 spiro atoms. The second kappa shape index (κ2) is 9.54. The lowest BCUT2D eigenvalue weighted by Crippen LogP contribution is -2.50. The number of ketones is 1. The quantitative estimate of drug-likeness (QED) is 0.368. The molecule has 166 valence electrons. The van der Waals surface area contributed by atoms with Gasteiger partial charge in [0.15, 0.2) is 5.78 Å². The molecule has 0 aliphatic carbocycles. The van der Waals surface area contributed by atoms with E-state index in [1.54, 1.807) is 35.7 Å². The molecule has 1 atom stereocenters. The highest BCUT2D eigenvalue weighted by atomic mass is 35.5. The van der Waals surface area contributed by atoms with E-state index in [-0.39, 0.29) is 11.7 Å². The predicted molar refractivity (Wildman–Crippen MR) is 132 cm³/mol. The first kappa shape index (κ1) is 23.3. The van der Waals surface area contributed by atoms with E-state index in [9.17, 15) is 9.59 Å². The maximum absolute atomic E-state index is 13.5. The summed E-state index contributed by atoms with van der Waals surface area (Å²) in [6, 6.07) is 12.2. The Bertz CT molecular complexity index is 1170. The molecule has 1 aliphatic heterocycles. The van der Waals surface area contributed by atoms with Crippen LogP contribution in [-0.4, -0.2) is 28.7 Å². The Kier molecular flexibility index (Phi) is 6.94. The molecule has 1 saturated heterocycles. The smallest absolute Gasteiger partial charge is 0.244 e. The van der Waals surface area contributed by atoms with Gasteiger partial charge in [-0.3, -0.25) is 14.5 Å². The van der Waals surface area contributed by atoms with E-state index in [1.807, 2.05) is 24.4 Å². The number of carbonyl (C=O) groups excluding carboxylic acids is 2. The van der Waals surface area contributed by atoms with E-state index < -0.39 is 5.54 Å². The number of likely N-dealkylation sites (tertiary alicyclic amines) is 1. The maximum atomic E-state index is 13.5. The molecule has 2 aromatic carbocycles. The normalized spacial score (nSPS) is 18.6. The van der Waals surface area contributed by atoms with Crippen LogP contribution >= 0.6 is 46.1 Å². The van der Waals surface area contributed by atoms with Crippen LogP contribution in [0.5, 0.6) is 0 Å². The molecule has 0 radical (unpaired) electrons. The third-order valence-corrected chi connectivity index (χ3v) is 7.55. The molecule has 2 heterocycles. The third-order valence-electron chi connectivity index (χ3n) is 5.89. The van der Waals surface area contributed by atoms with Crippen LogP contribution in [0.4, 0.5) is 5.69 Å². The summed E-state index contributed by atoms with van der Waals surface area (Å²) in [4.78, 5) is 28.6. The van der Waals surface area contributed by atoms with E-state index in [0.717, 1.165) is 18.5 Å². The summed E-state index contributed by atoms with van der Waals surface area (Å²) in [6.07, 6.45) is 1.61. The second-order valence-corrected chi connectivity index (χ2v) is 10.1. The lowest BCUT2D eigenvalue weighted by molar-refractivity contribution is -0.125. The van der Waals surface area contributed by atoms with Gasteiger partial charge in [0.1, 0.15) is 0 Å². The molecule has 1 amide bonds. The van der Waals surface area contributed by atoms with Gasteiger partial charge in [-0.05, 0) is 73.7 Å². The van der Waals surface area contributed by atoms with Crippen molar-refractivity contribution in [1.29, 1.82) is 0 Å². The van der Waals surface area contributed by atoms with Gasteiger partial charge in [-0.2, -0.15) is 11.3 Å². The zero-order valence-electron chi connectivity index (χ0n) is 17.3. The predicted octanol–water partition coefficient (Wildman–Crippen LogP) is 6.93. The van der Waals surface area contributed by atoms with Crippen molar-refractivity contribution < 1.29 is 9.59 Å². The number of amides is 1. The topological polar surface area (TPSA) is 49.4 Å². The molecule has 1 aromatic heterocycles. The number of hydrogen-bond donors (Lipinski definition) is 1. The Morgan fingerprint density at radius 2 is 1.91 bits per heavy atom. The van der Waals surface area contributed by atoms with Crippen molar-refractivity contribution in [2.75, 3.05) is 11.9 Å². The third kappa shape index (κ3) is 4.73. The maximum Gasteiger partial charge on any atom is 0.244 e. The largest absolute Gasteiger partial charge is 0.324 e. The minimum Gasteiger partial charge on any atom is -0.324 e. The van der Waals surface area contributed by atoms with E-state index in [1.165, 1.54) is 11.3 Å². The first-order valence-electron chi connectivity index (χ1n) is 10.1. The monoisotopic (exact) mass is 506 g/mol. The molecule has 32 heavy (non-hydrogen) atoms. The van der Waals surface area contributed by atoms with Crippen LogP contribution in [-0.2, 0) is 11.3 Å². The Morgan fingerprint density at radius 3 is 2.62 bits per heavy atom. The summed E-state index contributed by atoms with van der Waals surface area (Å²) in [5.74, 6) is -0.329. The van der Waals surface area contributed by atoms with Crippen molar-refractivity contribution in [1.82, 2.24) is 4.90 Å². The summed E-state index contributed by atoms with van der Waals surface area (Å²) < 4.78 is 0. The number of thiophene rings is 1. The minimum atomic E-state index is -0.728. The number of rotatable bonds is 6. The number of nitrogens with one attached hydrogen (secondary N) is 1. The number of hydrogen-bond acceptors (Lipinski definition) is 4. The van der Waals surface area contributed by atoms with Gasteiger partial charge in [0, 0.05) is 28.1 Å². The first-order chi connectivity index (χ1) is 15.3. The van der Waals surface area contributed by atoms with E-state index in [0.29, 0.717) is 44.8 Å². The van der Waals surface area contributed by atoms with Crippen LogP contribution in [0.2, 0.25) is 15.1 Å². The molecule has 3 aromatic rings. The van der Waals surface area contributed by atoms with Crippen molar-refractivity contribution in [2.45, 2.75) is 31.8 Å². The zero-order chi connectivity index (χ0) is 22.9. The summed E-state index contributed by atoms with van der Waals surface area (Å²) in [5, 5.41) is 8.06. The molecule has 0 bridgehead atoms. The molecule has 0 saturated carbocycles. The zero-order valence-corrected chi connectivity index (χ0v) is 20.4. The van der Waals surface area contributed by atoms with Crippen LogP contribution in [0.15, 0.2) is 53.2 Å².